The Kier molecular flexibility index (Phi) is 8.23. The van der Waals surface area contributed by atoms with Gasteiger partial charge in [-0.3, -0.25) is 14.4 Å². The topological polar surface area (TPSA) is 106 Å². The van der Waals surface area contributed by atoms with Crippen LogP contribution in [0.2, 0.25) is 0 Å². The molecule has 2 heterocycles. The van der Waals surface area contributed by atoms with Gasteiger partial charge < -0.3 is 25.8 Å². The van der Waals surface area contributed by atoms with Gasteiger partial charge in [0.05, 0.1) is 6.04 Å². The van der Waals surface area contributed by atoms with Crippen LogP contribution in [0, 0.1) is 5.92 Å². The van der Waals surface area contributed by atoms with Gasteiger partial charge in [-0.15, -0.1) is 0 Å². The van der Waals surface area contributed by atoms with Crippen LogP contribution in [-0.4, -0.2) is 59.3 Å². The molecule has 4 N–H and O–H groups in total. The Hall–Kier alpha value is -3.13. The molecule has 0 unspecified atom stereocenters. The zero-order valence-electron chi connectivity index (χ0n) is 20.7. The number of anilines is 1. The van der Waals surface area contributed by atoms with Gasteiger partial charge in [-0.2, -0.15) is 0 Å². The summed E-state index contributed by atoms with van der Waals surface area (Å²) in [7, 11) is 1.73. The molecule has 0 radical (unpaired) electrons. The fourth-order valence-electron chi connectivity index (χ4n) is 5.28. The number of aromatic amines is 1. The van der Waals surface area contributed by atoms with Crippen LogP contribution < -0.4 is 16.0 Å². The number of likely N-dealkylation sites (N-methyl/N-ethyl adjacent to an activating group) is 1. The first-order valence-corrected chi connectivity index (χ1v) is 12.8. The van der Waals surface area contributed by atoms with Crippen LogP contribution in [-0.2, 0) is 14.4 Å². The number of carbonyl (C=O) groups is 3. The van der Waals surface area contributed by atoms with Crippen molar-refractivity contribution in [2.45, 2.75) is 70.0 Å². The summed E-state index contributed by atoms with van der Waals surface area (Å²) < 4.78 is 0. The van der Waals surface area contributed by atoms with Crippen LogP contribution in [0.15, 0.2) is 42.6 Å². The van der Waals surface area contributed by atoms with Crippen LogP contribution in [0.5, 0.6) is 0 Å². The highest BCUT2D eigenvalue weighted by Gasteiger charge is 2.41. The monoisotopic (exact) mass is 479 g/mol. The number of H-pyrrole nitrogens is 1. The van der Waals surface area contributed by atoms with Gasteiger partial charge in [0.2, 0.25) is 17.7 Å². The summed E-state index contributed by atoms with van der Waals surface area (Å²) in [4.78, 5) is 44.7. The Morgan fingerprint density at radius 2 is 1.74 bits per heavy atom. The average molecular weight is 480 g/mol. The fourth-order valence-corrected chi connectivity index (χ4v) is 5.28. The number of rotatable bonds is 8. The molecule has 3 atom stereocenters. The van der Waals surface area contributed by atoms with E-state index in [2.05, 4.69) is 20.9 Å². The Bertz CT molecular complexity index is 1010. The first-order valence-electron chi connectivity index (χ1n) is 12.8. The third kappa shape index (κ3) is 5.75. The lowest BCUT2D eigenvalue weighted by Gasteiger charge is -2.35. The van der Waals surface area contributed by atoms with E-state index in [-0.39, 0.29) is 23.6 Å². The molecule has 2 aromatic rings. The van der Waals surface area contributed by atoms with Crippen molar-refractivity contribution in [1.82, 2.24) is 20.5 Å². The molecule has 1 aliphatic carbocycles. The van der Waals surface area contributed by atoms with E-state index in [0.717, 1.165) is 49.7 Å². The number of amides is 3. The van der Waals surface area contributed by atoms with E-state index in [1.165, 1.54) is 0 Å². The lowest BCUT2D eigenvalue weighted by Crippen LogP contribution is -2.57. The van der Waals surface area contributed by atoms with Crippen LogP contribution in [0.4, 0.5) is 5.82 Å². The van der Waals surface area contributed by atoms with Crippen molar-refractivity contribution >= 4 is 23.5 Å². The molecule has 4 rings (SSSR count). The number of aromatic nitrogens is 1. The molecule has 188 valence electrons. The smallest absolute Gasteiger partial charge is 0.248 e. The maximum Gasteiger partial charge on any atom is 0.248 e. The molecule has 8 nitrogen and oxygen atoms in total. The minimum absolute atomic E-state index is 0.0988. The first-order chi connectivity index (χ1) is 17.0. The highest BCUT2D eigenvalue weighted by atomic mass is 16.2. The van der Waals surface area contributed by atoms with Gasteiger partial charge in [-0.1, -0.05) is 49.6 Å². The largest absolute Gasteiger partial charge is 0.348 e. The van der Waals surface area contributed by atoms with Crippen molar-refractivity contribution in [3.8, 4) is 11.1 Å². The molecule has 0 bridgehead atoms. The minimum Gasteiger partial charge on any atom is -0.348 e. The molecule has 1 aromatic heterocycles. The zero-order chi connectivity index (χ0) is 24.8. The summed E-state index contributed by atoms with van der Waals surface area (Å²) in [5.41, 5.74) is 1.91. The summed E-state index contributed by atoms with van der Waals surface area (Å²) in [6.45, 7) is 2.30. The second-order valence-electron chi connectivity index (χ2n) is 9.71. The van der Waals surface area contributed by atoms with Crippen molar-refractivity contribution in [3.05, 3.63) is 42.6 Å². The summed E-state index contributed by atoms with van der Waals surface area (Å²) in [6.07, 6.45) is 8.28. The van der Waals surface area contributed by atoms with Crippen LogP contribution in [0.3, 0.4) is 0 Å². The van der Waals surface area contributed by atoms with Gasteiger partial charge in [0.1, 0.15) is 17.9 Å². The summed E-state index contributed by atoms with van der Waals surface area (Å²) >= 11 is 0. The Labute approximate surface area is 207 Å². The van der Waals surface area contributed by atoms with E-state index in [0.29, 0.717) is 18.8 Å². The zero-order valence-corrected chi connectivity index (χ0v) is 20.7. The lowest BCUT2D eigenvalue weighted by atomic mass is 9.83. The number of nitrogens with one attached hydrogen (secondary N) is 4. The molecule has 3 amide bonds. The number of hydrogen-bond donors (Lipinski definition) is 4. The first kappa shape index (κ1) is 25.0. The molecule has 2 aliphatic rings. The Morgan fingerprint density at radius 3 is 2.46 bits per heavy atom. The van der Waals surface area contributed by atoms with E-state index in [1.54, 1.807) is 25.1 Å². The fraction of sp³-hybridized carbons (Fsp3) is 0.519. The molecular formula is C27H37N5O3. The van der Waals surface area contributed by atoms with Gasteiger partial charge in [-0.25, -0.2) is 0 Å². The average Bonchev–Trinajstić information content (AvgIpc) is 3.57. The van der Waals surface area contributed by atoms with Crippen molar-refractivity contribution in [3.63, 3.8) is 0 Å². The summed E-state index contributed by atoms with van der Waals surface area (Å²) in [5, 5.41) is 8.98. The second kappa shape index (κ2) is 11.5. The molecular weight excluding hydrogens is 442 g/mol. The quantitative estimate of drug-likeness (QED) is 0.466. The third-order valence-corrected chi connectivity index (χ3v) is 7.43. The van der Waals surface area contributed by atoms with Gasteiger partial charge >= 0.3 is 0 Å². The van der Waals surface area contributed by atoms with E-state index in [9.17, 15) is 14.4 Å². The van der Waals surface area contributed by atoms with Crippen molar-refractivity contribution in [1.29, 1.82) is 0 Å². The normalized spacial score (nSPS) is 20.3. The molecule has 2 fully saturated rings. The van der Waals surface area contributed by atoms with Crippen molar-refractivity contribution < 1.29 is 14.4 Å². The number of benzene rings is 1. The Balaban J connectivity index is 1.50. The highest BCUT2D eigenvalue weighted by Crippen LogP contribution is 2.31. The number of carbonyl (C=O) groups excluding carboxylic acids is 3. The predicted molar refractivity (Wildman–Crippen MR) is 137 cm³/mol. The molecule has 0 spiro atoms. The van der Waals surface area contributed by atoms with Gasteiger partial charge in [-0.05, 0) is 57.2 Å². The maximum absolute atomic E-state index is 13.8. The van der Waals surface area contributed by atoms with Crippen molar-refractivity contribution in [2.24, 2.45) is 5.92 Å². The standard InChI is InChI=1S/C27H37N5O3/c1-18(28-2)25(33)30-23(20-12-7-4-8-13-20)27(35)32-17-9-14-22(32)26(34)31-24-21(15-16-29-24)19-10-5-3-6-11-19/h3,5-6,10-11,15-16,18,20,22-23,28-29H,4,7-9,12-14,17H2,1-2H3,(H,30,33)(H,31,34)/t18-,22-,23-/m0/s1. The van der Waals surface area contributed by atoms with Gasteiger partial charge in [0.25, 0.3) is 0 Å². The molecule has 35 heavy (non-hydrogen) atoms. The van der Waals surface area contributed by atoms with Crippen molar-refractivity contribution in [2.75, 3.05) is 18.9 Å². The van der Waals surface area contributed by atoms with E-state index in [4.69, 9.17) is 0 Å². The van der Waals surface area contributed by atoms with E-state index in [1.807, 2.05) is 36.4 Å². The second-order valence-corrected chi connectivity index (χ2v) is 9.71. The number of nitrogens with zero attached hydrogens (tertiary/aromatic N) is 1. The van der Waals surface area contributed by atoms with E-state index < -0.39 is 18.1 Å². The molecule has 1 saturated heterocycles. The van der Waals surface area contributed by atoms with Crippen LogP contribution >= 0.6 is 0 Å². The SMILES string of the molecule is CN[C@@H](C)C(=O)N[C@H](C(=O)N1CCC[C@H]1C(=O)Nc1[nH]ccc1-c1ccccc1)C1CCCCC1. The highest BCUT2D eigenvalue weighted by molar-refractivity contribution is 6.00. The van der Waals surface area contributed by atoms with Crippen LogP contribution in [0.1, 0.15) is 51.9 Å². The minimum atomic E-state index is -0.600. The third-order valence-electron chi connectivity index (χ3n) is 7.43. The Morgan fingerprint density at radius 1 is 1.00 bits per heavy atom. The van der Waals surface area contributed by atoms with Gasteiger partial charge in [0, 0.05) is 18.3 Å². The summed E-state index contributed by atoms with van der Waals surface area (Å²) in [5.74, 6) is 0.200. The summed E-state index contributed by atoms with van der Waals surface area (Å²) in [6, 6.07) is 10.2. The molecule has 1 aromatic carbocycles. The van der Waals surface area contributed by atoms with E-state index >= 15 is 0 Å². The predicted octanol–water partition coefficient (Wildman–Crippen LogP) is 3.28. The molecule has 1 aliphatic heterocycles. The maximum atomic E-state index is 13.8. The molecule has 8 heteroatoms. The molecule has 1 saturated carbocycles. The van der Waals surface area contributed by atoms with Crippen LogP contribution in [0.25, 0.3) is 11.1 Å². The number of hydrogen-bond acceptors (Lipinski definition) is 4. The van der Waals surface area contributed by atoms with Gasteiger partial charge in [0.15, 0.2) is 0 Å². The number of likely N-dealkylation sites (tertiary alicyclic amines) is 1. The lowest BCUT2D eigenvalue weighted by molar-refractivity contribution is -0.142.